The molecule has 2 heterocycles. The molecule has 6 nitrogen and oxygen atoms in total. The zero-order chi connectivity index (χ0) is 31.2. The summed E-state index contributed by atoms with van der Waals surface area (Å²) in [5.74, 6) is 1.29. The summed E-state index contributed by atoms with van der Waals surface area (Å²) in [5.41, 5.74) is 5.51. The van der Waals surface area contributed by atoms with Crippen molar-refractivity contribution in [1.82, 2.24) is 9.97 Å². The smallest absolute Gasteiger partial charge is 0.227 e. The van der Waals surface area contributed by atoms with E-state index in [9.17, 15) is 4.79 Å². The fourth-order valence-electron chi connectivity index (χ4n) is 5.09. The molecule has 0 aliphatic heterocycles. The topological polar surface area (TPSA) is 89.4 Å². The van der Waals surface area contributed by atoms with Crippen molar-refractivity contribution in [2.75, 3.05) is 0 Å². The fraction of sp³-hybridized carbons (Fsp3) is 0.0513. The van der Waals surface area contributed by atoms with Crippen molar-refractivity contribution >= 4 is 49.5 Å². The number of aliphatic hydroxyl groups is 1. The van der Waals surface area contributed by atoms with Gasteiger partial charge in [-0.25, -0.2) is 9.97 Å². The number of hydrogen-bond acceptors (Lipinski definition) is 6. The third kappa shape index (κ3) is 6.65. The van der Waals surface area contributed by atoms with Crippen molar-refractivity contribution in [2.24, 2.45) is 0 Å². The first-order chi connectivity index (χ1) is 22.0. The van der Waals surface area contributed by atoms with Crippen LogP contribution in [0.15, 0.2) is 154 Å². The molecule has 0 unspecified atom stereocenters. The molecule has 0 saturated carbocycles. The fourth-order valence-corrected chi connectivity index (χ4v) is 5.09. The van der Waals surface area contributed by atoms with Gasteiger partial charge in [0.05, 0.1) is 5.76 Å². The quantitative estimate of drug-likeness (QED) is 0.163. The van der Waals surface area contributed by atoms with Gasteiger partial charge in [-0.05, 0) is 71.8 Å². The second-order valence-corrected chi connectivity index (χ2v) is 10.4. The molecule has 0 saturated heterocycles. The van der Waals surface area contributed by atoms with Gasteiger partial charge in [-0.15, -0.1) is 0 Å². The number of hydrogen-bond donors (Lipinski definition) is 1. The Morgan fingerprint density at radius 3 is 1.36 bits per heavy atom. The predicted molar refractivity (Wildman–Crippen MR) is 181 cm³/mol. The van der Waals surface area contributed by atoms with Crippen LogP contribution in [0.5, 0.6) is 0 Å². The Hall–Kier alpha value is -6.01. The molecule has 6 aromatic carbocycles. The van der Waals surface area contributed by atoms with E-state index in [1.165, 1.54) is 30.7 Å². The SMILES string of the molecule is CC(=O)/C=C(/C)O.c1ccc2c(-c3nc4ccccc4o3)cccc2c1.c1ccc2c(-c3nc4ccccc4o3)cccc2c1. The minimum atomic E-state index is -0.125. The summed E-state index contributed by atoms with van der Waals surface area (Å²) < 4.78 is 11.7. The Bertz CT molecular complexity index is 2060. The standard InChI is InChI=1S/2C17H11NO.C5H8O2/c2*1-2-8-13-12(6-1)7-5-9-14(13)17-18-15-10-3-4-11-16(15)19-17;1-4(6)3-5(2)7/h2*1-11H;3,6H,1-2H3/b;;4-3-. The van der Waals surface area contributed by atoms with Crippen LogP contribution in [-0.2, 0) is 4.79 Å². The van der Waals surface area contributed by atoms with Gasteiger partial charge >= 0.3 is 0 Å². The Labute approximate surface area is 259 Å². The normalized spacial score (nSPS) is 11.2. The molecule has 6 heteroatoms. The van der Waals surface area contributed by atoms with E-state index >= 15 is 0 Å². The first kappa shape index (κ1) is 29.1. The monoisotopic (exact) mass is 590 g/mol. The molecule has 0 bridgehead atoms. The van der Waals surface area contributed by atoms with E-state index in [0.29, 0.717) is 11.8 Å². The minimum Gasteiger partial charge on any atom is -0.512 e. The summed E-state index contributed by atoms with van der Waals surface area (Å²) in [5, 5.41) is 13.1. The van der Waals surface area contributed by atoms with Gasteiger partial charge in [0.2, 0.25) is 11.8 Å². The molecule has 0 fully saturated rings. The number of para-hydroxylation sites is 4. The van der Waals surface area contributed by atoms with E-state index in [-0.39, 0.29) is 11.5 Å². The van der Waals surface area contributed by atoms with Crippen LogP contribution in [-0.4, -0.2) is 20.9 Å². The second kappa shape index (κ2) is 13.1. The van der Waals surface area contributed by atoms with Crippen LogP contribution in [0.4, 0.5) is 0 Å². The van der Waals surface area contributed by atoms with Gasteiger partial charge in [0.1, 0.15) is 11.0 Å². The van der Waals surface area contributed by atoms with Crippen LogP contribution >= 0.6 is 0 Å². The molecular formula is C39H30N2O4. The molecule has 220 valence electrons. The number of rotatable bonds is 3. The van der Waals surface area contributed by atoms with Crippen LogP contribution in [0.1, 0.15) is 13.8 Å². The summed E-state index contributed by atoms with van der Waals surface area (Å²) in [6.07, 6.45) is 1.17. The third-order valence-electron chi connectivity index (χ3n) is 7.04. The highest BCUT2D eigenvalue weighted by atomic mass is 16.4. The number of oxazole rings is 2. The summed E-state index contributed by atoms with van der Waals surface area (Å²) in [6.45, 7) is 2.85. The van der Waals surface area contributed by atoms with Gasteiger partial charge in [-0.3, -0.25) is 4.79 Å². The average molecular weight is 591 g/mol. The number of fused-ring (bicyclic) bond motifs is 4. The molecular weight excluding hydrogens is 560 g/mol. The first-order valence-electron chi connectivity index (χ1n) is 14.5. The minimum absolute atomic E-state index is 0.0625. The van der Waals surface area contributed by atoms with E-state index in [1.54, 1.807) is 0 Å². The molecule has 0 spiro atoms. The Kier molecular flexibility index (Phi) is 8.47. The number of aliphatic hydroxyl groups excluding tert-OH is 1. The van der Waals surface area contributed by atoms with Gasteiger partial charge < -0.3 is 13.9 Å². The molecule has 45 heavy (non-hydrogen) atoms. The maximum absolute atomic E-state index is 10.0. The molecule has 0 aliphatic rings. The van der Waals surface area contributed by atoms with E-state index < -0.39 is 0 Å². The van der Waals surface area contributed by atoms with E-state index in [1.807, 2.05) is 97.1 Å². The number of nitrogens with zero attached hydrogens (tertiary/aromatic N) is 2. The molecule has 0 aliphatic carbocycles. The zero-order valence-corrected chi connectivity index (χ0v) is 24.8. The Balaban J connectivity index is 0.000000132. The van der Waals surface area contributed by atoms with Crippen LogP contribution < -0.4 is 0 Å². The second-order valence-electron chi connectivity index (χ2n) is 10.4. The van der Waals surface area contributed by atoms with Crippen LogP contribution in [0.25, 0.3) is 66.7 Å². The number of aromatic nitrogens is 2. The predicted octanol–water partition coefficient (Wildman–Crippen LogP) is 10.3. The maximum atomic E-state index is 10.0. The van der Waals surface area contributed by atoms with E-state index in [0.717, 1.165) is 44.1 Å². The van der Waals surface area contributed by atoms with Crippen LogP contribution in [0.2, 0.25) is 0 Å². The van der Waals surface area contributed by atoms with Gasteiger partial charge in [0.25, 0.3) is 0 Å². The average Bonchev–Trinajstić information content (AvgIpc) is 3.69. The van der Waals surface area contributed by atoms with Crippen molar-refractivity contribution in [3.8, 4) is 22.9 Å². The van der Waals surface area contributed by atoms with Crippen molar-refractivity contribution in [3.05, 3.63) is 145 Å². The van der Waals surface area contributed by atoms with Gasteiger partial charge in [-0.1, -0.05) is 97.1 Å². The molecule has 1 N–H and O–H groups in total. The van der Waals surface area contributed by atoms with Crippen LogP contribution in [0.3, 0.4) is 0 Å². The van der Waals surface area contributed by atoms with Gasteiger partial charge in [0.15, 0.2) is 16.9 Å². The highest BCUT2D eigenvalue weighted by Crippen LogP contribution is 2.31. The lowest BCUT2D eigenvalue weighted by Crippen LogP contribution is -1.82. The number of benzene rings is 6. The molecule has 0 amide bonds. The number of carbonyl (C=O) groups is 1. The molecule has 0 radical (unpaired) electrons. The number of carbonyl (C=O) groups excluding carboxylic acids is 1. The summed E-state index contributed by atoms with van der Waals surface area (Å²) >= 11 is 0. The van der Waals surface area contributed by atoms with Gasteiger partial charge in [-0.2, -0.15) is 0 Å². The number of allylic oxidation sites excluding steroid dienone is 2. The lowest BCUT2D eigenvalue weighted by atomic mass is 10.0. The largest absolute Gasteiger partial charge is 0.512 e. The molecule has 8 rings (SSSR count). The van der Waals surface area contributed by atoms with E-state index in [4.69, 9.17) is 13.9 Å². The summed E-state index contributed by atoms with van der Waals surface area (Å²) in [6, 6.07) is 44.6. The first-order valence-corrected chi connectivity index (χ1v) is 14.5. The van der Waals surface area contributed by atoms with Gasteiger partial charge in [0, 0.05) is 17.2 Å². The van der Waals surface area contributed by atoms with Crippen molar-refractivity contribution in [2.45, 2.75) is 13.8 Å². The summed E-state index contributed by atoms with van der Waals surface area (Å²) in [7, 11) is 0. The molecule has 2 aromatic heterocycles. The molecule has 8 aromatic rings. The van der Waals surface area contributed by atoms with Crippen molar-refractivity contribution in [1.29, 1.82) is 0 Å². The van der Waals surface area contributed by atoms with Crippen molar-refractivity contribution < 1.29 is 18.7 Å². The lowest BCUT2D eigenvalue weighted by molar-refractivity contribution is -0.112. The maximum Gasteiger partial charge on any atom is 0.227 e. The lowest BCUT2D eigenvalue weighted by Gasteiger charge is -2.01. The Morgan fingerprint density at radius 2 is 0.956 bits per heavy atom. The van der Waals surface area contributed by atoms with E-state index in [2.05, 4.69) is 46.4 Å². The highest BCUT2D eigenvalue weighted by Gasteiger charge is 2.11. The zero-order valence-electron chi connectivity index (χ0n) is 24.8. The Morgan fingerprint density at radius 1 is 0.556 bits per heavy atom. The third-order valence-corrected chi connectivity index (χ3v) is 7.04. The highest BCUT2D eigenvalue weighted by molar-refractivity contribution is 5.96. The summed E-state index contributed by atoms with van der Waals surface area (Å²) in [4.78, 5) is 19.2. The van der Waals surface area contributed by atoms with Crippen LogP contribution in [0, 0.1) is 0 Å². The number of ketones is 1. The molecule has 0 atom stereocenters. The van der Waals surface area contributed by atoms with Crippen molar-refractivity contribution in [3.63, 3.8) is 0 Å².